The topological polar surface area (TPSA) is 46.3 Å². The SMILES string of the molecule is CCN(CC)CCCSC(=O)c1ccc(CCCCN)cc1.Cl.Cl. The molecule has 0 saturated heterocycles. The lowest BCUT2D eigenvalue weighted by molar-refractivity contribution is 0.108. The Bertz CT molecular complexity index is 426. The molecule has 1 aromatic carbocycles. The molecule has 0 atom stereocenters. The van der Waals surface area contributed by atoms with Gasteiger partial charge in [-0.25, -0.2) is 0 Å². The summed E-state index contributed by atoms with van der Waals surface area (Å²) in [7, 11) is 0. The van der Waals surface area contributed by atoms with E-state index in [0.29, 0.717) is 0 Å². The molecule has 0 bridgehead atoms. The van der Waals surface area contributed by atoms with E-state index in [-0.39, 0.29) is 29.9 Å². The van der Waals surface area contributed by atoms with Crippen LogP contribution >= 0.6 is 36.6 Å². The molecule has 0 amide bonds. The molecule has 0 aliphatic rings. The third-order valence-electron chi connectivity index (χ3n) is 3.86. The molecule has 0 aliphatic heterocycles. The summed E-state index contributed by atoms with van der Waals surface area (Å²) in [6.45, 7) is 8.35. The van der Waals surface area contributed by atoms with Gasteiger partial charge in [-0.1, -0.05) is 49.9 Å². The number of benzene rings is 1. The van der Waals surface area contributed by atoms with Crippen molar-refractivity contribution in [2.24, 2.45) is 5.73 Å². The van der Waals surface area contributed by atoms with Gasteiger partial charge in [0, 0.05) is 11.3 Å². The third kappa shape index (κ3) is 10.6. The van der Waals surface area contributed by atoms with E-state index in [1.165, 1.54) is 17.3 Å². The summed E-state index contributed by atoms with van der Waals surface area (Å²) in [4.78, 5) is 14.5. The Balaban J connectivity index is 0. The fourth-order valence-electron chi connectivity index (χ4n) is 2.36. The summed E-state index contributed by atoms with van der Waals surface area (Å²) < 4.78 is 0. The number of hydrogen-bond donors (Lipinski definition) is 1. The van der Waals surface area contributed by atoms with Crippen LogP contribution in [0.15, 0.2) is 24.3 Å². The largest absolute Gasteiger partial charge is 0.330 e. The predicted molar refractivity (Wildman–Crippen MR) is 112 cm³/mol. The Morgan fingerprint density at radius 1 is 1.04 bits per heavy atom. The number of aryl methyl sites for hydroxylation is 1. The van der Waals surface area contributed by atoms with Gasteiger partial charge in [0.1, 0.15) is 0 Å². The van der Waals surface area contributed by atoms with Crippen molar-refractivity contribution in [2.75, 3.05) is 31.9 Å². The van der Waals surface area contributed by atoms with Crippen molar-refractivity contribution < 1.29 is 4.79 Å². The minimum atomic E-state index is 0. The van der Waals surface area contributed by atoms with E-state index < -0.39 is 0 Å². The van der Waals surface area contributed by atoms with Crippen molar-refractivity contribution >= 4 is 41.7 Å². The number of carbonyl (C=O) groups excluding carboxylic acids is 1. The highest BCUT2D eigenvalue weighted by Crippen LogP contribution is 2.15. The lowest BCUT2D eigenvalue weighted by atomic mass is 10.1. The summed E-state index contributed by atoms with van der Waals surface area (Å²) in [5.74, 6) is 0.896. The zero-order valence-electron chi connectivity index (χ0n) is 14.8. The number of nitrogens with two attached hydrogens (primary N) is 1. The van der Waals surface area contributed by atoms with Gasteiger partial charge in [-0.3, -0.25) is 4.79 Å². The Kier molecular flexibility index (Phi) is 17.6. The molecular weight excluding hydrogens is 363 g/mol. The first-order chi connectivity index (χ1) is 10.7. The average Bonchev–Trinajstić information content (AvgIpc) is 2.55. The van der Waals surface area contributed by atoms with Crippen LogP contribution in [0.2, 0.25) is 0 Å². The minimum Gasteiger partial charge on any atom is -0.330 e. The van der Waals surface area contributed by atoms with Gasteiger partial charge >= 0.3 is 0 Å². The molecule has 0 radical (unpaired) electrons. The molecule has 0 spiro atoms. The molecule has 1 rings (SSSR count). The van der Waals surface area contributed by atoms with Crippen LogP contribution in [-0.4, -0.2) is 41.9 Å². The maximum Gasteiger partial charge on any atom is 0.219 e. The second-order valence-electron chi connectivity index (χ2n) is 5.46. The fraction of sp³-hybridized carbons (Fsp3) is 0.611. The normalized spacial score (nSPS) is 10.2. The standard InChI is InChI=1S/C18H30N2OS.2ClH/c1-3-20(4-2)14-7-15-22-18(21)17-11-9-16(10-12-17)8-5-6-13-19;;/h9-12H,3-8,13-15,19H2,1-2H3;2*1H. The quantitative estimate of drug-likeness (QED) is 0.564. The van der Waals surface area contributed by atoms with Gasteiger partial charge in [0.25, 0.3) is 0 Å². The van der Waals surface area contributed by atoms with Crippen molar-refractivity contribution in [3.8, 4) is 0 Å². The number of halogens is 2. The molecule has 1 aromatic rings. The molecule has 2 N–H and O–H groups in total. The monoisotopic (exact) mass is 394 g/mol. The van der Waals surface area contributed by atoms with Gasteiger partial charge < -0.3 is 10.6 Å². The van der Waals surface area contributed by atoms with E-state index in [2.05, 4.69) is 30.9 Å². The summed E-state index contributed by atoms with van der Waals surface area (Å²) in [5.41, 5.74) is 7.60. The van der Waals surface area contributed by atoms with Crippen molar-refractivity contribution in [2.45, 2.75) is 39.5 Å². The van der Waals surface area contributed by atoms with Crippen LogP contribution in [0.5, 0.6) is 0 Å². The van der Waals surface area contributed by atoms with Crippen molar-refractivity contribution in [3.63, 3.8) is 0 Å². The number of nitrogens with zero attached hydrogens (tertiary/aromatic N) is 1. The van der Waals surface area contributed by atoms with Crippen LogP contribution < -0.4 is 5.73 Å². The van der Waals surface area contributed by atoms with Crippen LogP contribution in [0.4, 0.5) is 0 Å². The van der Waals surface area contributed by atoms with Crippen LogP contribution in [0.3, 0.4) is 0 Å². The maximum absolute atomic E-state index is 12.1. The molecule has 24 heavy (non-hydrogen) atoms. The molecule has 6 heteroatoms. The number of thioether (sulfide) groups is 1. The number of carbonyl (C=O) groups is 1. The second-order valence-corrected chi connectivity index (χ2v) is 6.53. The zero-order chi connectivity index (χ0) is 16.2. The van der Waals surface area contributed by atoms with Crippen LogP contribution in [0.1, 0.15) is 49.0 Å². The van der Waals surface area contributed by atoms with Gasteiger partial charge in [-0.05, 0) is 57.4 Å². The highest BCUT2D eigenvalue weighted by atomic mass is 35.5. The lowest BCUT2D eigenvalue weighted by Gasteiger charge is -2.17. The van der Waals surface area contributed by atoms with E-state index in [1.807, 2.05) is 12.1 Å². The highest BCUT2D eigenvalue weighted by Gasteiger charge is 2.07. The zero-order valence-corrected chi connectivity index (χ0v) is 17.3. The third-order valence-corrected chi connectivity index (χ3v) is 4.85. The summed E-state index contributed by atoms with van der Waals surface area (Å²) in [5, 5.41) is 0.188. The van der Waals surface area contributed by atoms with Crippen LogP contribution in [0.25, 0.3) is 0 Å². The predicted octanol–water partition coefficient (Wildman–Crippen LogP) is 4.42. The number of hydrogen-bond acceptors (Lipinski definition) is 4. The Labute approximate surface area is 164 Å². The van der Waals surface area contributed by atoms with Crippen molar-refractivity contribution in [1.82, 2.24) is 4.90 Å². The molecule has 3 nitrogen and oxygen atoms in total. The van der Waals surface area contributed by atoms with Gasteiger partial charge in [0.15, 0.2) is 0 Å². The molecular formula is C18H32Cl2N2OS. The lowest BCUT2D eigenvalue weighted by Crippen LogP contribution is -2.24. The van der Waals surface area contributed by atoms with Crippen molar-refractivity contribution in [3.05, 3.63) is 35.4 Å². The van der Waals surface area contributed by atoms with E-state index >= 15 is 0 Å². The fourth-order valence-corrected chi connectivity index (χ4v) is 3.12. The van der Waals surface area contributed by atoms with Crippen molar-refractivity contribution in [1.29, 1.82) is 0 Å². The molecule has 140 valence electrons. The van der Waals surface area contributed by atoms with E-state index in [0.717, 1.165) is 63.2 Å². The van der Waals surface area contributed by atoms with Crippen LogP contribution in [-0.2, 0) is 6.42 Å². The van der Waals surface area contributed by atoms with Crippen LogP contribution in [0, 0.1) is 0 Å². The van der Waals surface area contributed by atoms with E-state index in [9.17, 15) is 4.79 Å². The van der Waals surface area contributed by atoms with E-state index in [1.54, 1.807) is 0 Å². The first kappa shape index (κ1) is 26.0. The summed E-state index contributed by atoms with van der Waals surface area (Å²) in [6.07, 6.45) is 4.28. The first-order valence-electron chi connectivity index (χ1n) is 8.39. The first-order valence-corrected chi connectivity index (χ1v) is 9.38. The molecule has 0 aromatic heterocycles. The van der Waals surface area contributed by atoms with Gasteiger partial charge in [-0.2, -0.15) is 0 Å². The van der Waals surface area contributed by atoms with Gasteiger partial charge in [0.2, 0.25) is 5.12 Å². The molecule has 0 unspecified atom stereocenters. The Morgan fingerprint density at radius 2 is 1.67 bits per heavy atom. The highest BCUT2D eigenvalue weighted by molar-refractivity contribution is 8.14. The van der Waals surface area contributed by atoms with E-state index in [4.69, 9.17) is 5.73 Å². The van der Waals surface area contributed by atoms with Gasteiger partial charge in [-0.15, -0.1) is 24.8 Å². The molecule has 0 heterocycles. The maximum atomic E-state index is 12.1. The van der Waals surface area contributed by atoms with Gasteiger partial charge in [0.05, 0.1) is 0 Å². The second kappa shape index (κ2) is 16.2. The Morgan fingerprint density at radius 3 is 2.21 bits per heavy atom. The number of rotatable bonds is 11. The summed E-state index contributed by atoms with van der Waals surface area (Å²) >= 11 is 1.44. The Hall–Kier alpha value is -0.260. The molecule has 0 aliphatic carbocycles. The average molecular weight is 395 g/mol. The molecule has 0 fully saturated rings. The minimum absolute atomic E-state index is 0. The number of unbranched alkanes of at least 4 members (excludes halogenated alkanes) is 1. The smallest absolute Gasteiger partial charge is 0.219 e. The summed E-state index contributed by atoms with van der Waals surface area (Å²) in [6, 6.07) is 8.05. The molecule has 0 saturated carbocycles.